The highest BCUT2D eigenvalue weighted by atomic mass is 32.2. The summed E-state index contributed by atoms with van der Waals surface area (Å²) in [5.74, 6) is 2.66. The second-order valence-corrected chi connectivity index (χ2v) is 6.18. The first kappa shape index (κ1) is 19.7. The molecule has 3 heteroatoms. The fourth-order valence-corrected chi connectivity index (χ4v) is 2.56. The largest absolute Gasteiger partial charge is 0.762 e. The topological polar surface area (TPSA) is 40.1 Å². The zero-order valence-electron chi connectivity index (χ0n) is 13.1. The molecule has 0 aromatic carbocycles. The van der Waals surface area contributed by atoms with Crippen molar-refractivity contribution in [2.45, 2.75) is 96.8 Å². The minimum absolute atomic E-state index is 0.714. The molecule has 0 aliphatic heterocycles. The van der Waals surface area contributed by atoms with Crippen LogP contribution in [0.3, 0.4) is 0 Å². The molecule has 1 atom stereocenters. The standard InChI is InChI=1S/C17H32O2S/c1-2-3-4-5-6-7-8-9-10-11-12-13-14-15-16-17-20(18)19/h2-15H2,1H3,(H,18,19)/p-1. The van der Waals surface area contributed by atoms with Crippen molar-refractivity contribution in [1.82, 2.24) is 0 Å². The first-order valence-corrected chi connectivity index (χ1v) is 9.42. The van der Waals surface area contributed by atoms with Crippen LogP contribution in [0, 0.1) is 11.2 Å². The molecule has 0 N–H and O–H groups in total. The van der Waals surface area contributed by atoms with E-state index >= 15 is 0 Å². The molecule has 20 heavy (non-hydrogen) atoms. The maximum atomic E-state index is 10.2. The molecule has 0 heterocycles. The van der Waals surface area contributed by atoms with Crippen LogP contribution in [0.4, 0.5) is 0 Å². The molecule has 0 aliphatic rings. The molecule has 1 unspecified atom stereocenters. The highest BCUT2D eigenvalue weighted by Gasteiger charge is 1.93. The van der Waals surface area contributed by atoms with Gasteiger partial charge >= 0.3 is 0 Å². The second kappa shape index (κ2) is 16.7. The van der Waals surface area contributed by atoms with E-state index < -0.39 is 11.1 Å². The normalized spacial score (nSPS) is 11.9. The minimum Gasteiger partial charge on any atom is -0.762 e. The van der Waals surface area contributed by atoms with E-state index in [0.717, 1.165) is 6.42 Å². The summed E-state index contributed by atoms with van der Waals surface area (Å²) >= 11 is -2.19. The van der Waals surface area contributed by atoms with Crippen LogP contribution in [0.5, 0.6) is 0 Å². The predicted octanol–water partition coefficient (Wildman–Crippen LogP) is 5.31. The van der Waals surface area contributed by atoms with E-state index in [9.17, 15) is 8.76 Å². The zero-order chi connectivity index (χ0) is 14.9. The summed E-state index contributed by atoms with van der Waals surface area (Å²) in [6.07, 6.45) is 18.0. The molecule has 2 nitrogen and oxygen atoms in total. The van der Waals surface area contributed by atoms with Gasteiger partial charge in [-0.25, -0.2) is 0 Å². The summed E-state index contributed by atoms with van der Waals surface area (Å²) in [5, 5.41) is 2.16. The van der Waals surface area contributed by atoms with Gasteiger partial charge in [-0.2, -0.15) is 0 Å². The molecular weight excluding hydrogens is 268 g/mol. The number of unbranched alkanes of at least 4 members (excludes halogenated alkanes) is 13. The SMILES string of the molecule is CCCCCCCCCCCCCCCC#CS(=O)[O-]. The molecule has 0 fully saturated rings. The van der Waals surface area contributed by atoms with E-state index in [4.69, 9.17) is 0 Å². The summed E-state index contributed by atoms with van der Waals surface area (Å²) in [6, 6.07) is 0. The van der Waals surface area contributed by atoms with Gasteiger partial charge in [-0.1, -0.05) is 89.9 Å². The Labute approximate surface area is 128 Å². The molecule has 0 rings (SSSR count). The molecule has 0 aromatic heterocycles. The van der Waals surface area contributed by atoms with Gasteiger partial charge in [0.05, 0.1) is 0 Å². The minimum atomic E-state index is -2.19. The van der Waals surface area contributed by atoms with Crippen molar-refractivity contribution in [3.05, 3.63) is 0 Å². The maximum absolute atomic E-state index is 10.2. The van der Waals surface area contributed by atoms with E-state index in [-0.39, 0.29) is 0 Å². The molecule has 0 saturated heterocycles. The van der Waals surface area contributed by atoms with Crippen molar-refractivity contribution in [2.75, 3.05) is 0 Å². The molecule has 118 valence electrons. The zero-order valence-corrected chi connectivity index (χ0v) is 13.9. The summed E-state index contributed by atoms with van der Waals surface area (Å²) in [6.45, 7) is 2.26. The van der Waals surface area contributed by atoms with Crippen LogP contribution in [0.25, 0.3) is 0 Å². The Bertz CT molecular complexity index is 278. The number of rotatable bonds is 13. The van der Waals surface area contributed by atoms with Crippen LogP contribution in [0.2, 0.25) is 0 Å². The average molecular weight is 299 g/mol. The summed E-state index contributed by atoms with van der Waals surface area (Å²) in [5.41, 5.74) is 0. The van der Waals surface area contributed by atoms with Gasteiger partial charge in [-0.3, -0.25) is 4.21 Å². The average Bonchev–Trinajstić information content (AvgIpc) is 2.43. The van der Waals surface area contributed by atoms with E-state index in [2.05, 4.69) is 18.1 Å². The van der Waals surface area contributed by atoms with Gasteiger partial charge in [-0.15, -0.1) is 0 Å². The molecule has 0 spiro atoms. The van der Waals surface area contributed by atoms with Crippen LogP contribution in [-0.2, 0) is 11.1 Å². The fraction of sp³-hybridized carbons (Fsp3) is 0.882. The van der Waals surface area contributed by atoms with Crippen LogP contribution >= 0.6 is 0 Å². The monoisotopic (exact) mass is 299 g/mol. The van der Waals surface area contributed by atoms with Gasteiger partial charge in [0.1, 0.15) is 0 Å². The third-order valence-corrected chi connectivity index (χ3v) is 3.87. The predicted molar refractivity (Wildman–Crippen MR) is 87.0 cm³/mol. The molecule has 0 aliphatic carbocycles. The second-order valence-electron chi connectivity index (χ2n) is 5.51. The van der Waals surface area contributed by atoms with Crippen molar-refractivity contribution >= 4 is 11.1 Å². The fourth-order valence-electron chi connectivity index (χ4n) is 2.34. The van der Waals surface area contributed by atoms with Crippen molar-refractivity contribution in [1.29, 1.82) is 0 Å². The highest BCUT2D eigenvalue weighted by Crippen LogP contribution is 2.12. The van der Waals surface area contributed by atoms with Crippen molar-refractivity contribution < 1.29 is 8.76 Å². The number of hydrogen-bond acceptors (Lipinski definition) is 2. The Kier molecular flexibility index (Phi) is 16.4. The molecule has 0 bridgehead atoms. The Morgan fingerprint density at radius 3 is 1.55 bits per heavy atom. The Morgan fingerprint density at radius 1 is 0.750 bits per heavy atom. The first-order valence-electron chi connectivity index (χ1n) is 8.35. The lowest BCUT2D eigenvalue weighted by molar-refractivity contribution is 0.540. The lowest BCUT2D eigenvalue weighted by atomic mass is 10.0. The lowest BCUT2D eigenvalue weighted by Gasteiger charge is -2.02. The molecule has 0 aromatic rings. The highest BCUT2D eigenvalue weighted by molar-refractivity contribution is 7.84. The van der Waals surface area contributed by atoms with Crippen LogP contribution in [0.1, 0.15) is 96.8 Å². The van der Waals surface area contributed by atoms with Gasteiger partial charge in [0, 0.05) is 17.5 Å². The van der Waals surface area contributed by atoms with Gasteiger partial charge < -0.3 is 4.55 Å². The lowest BCUT2D eigenvalue weighted by Crippen LogP contribution is -1.83. The smallest absolute Gasteiger partial charge is 0.0247 e. The third kappa shape index (κ3) is 17.7. The van der Waals surface area contributed by atoms with E-state index in [1.54, 1.807) is 0 Å². The quantitative estimate of drug-likeness (QED) is 0.263. The van der Waals surface area contributed by atoms with Crippen molar-refractivity contribution in [2.24, 2.45) is 0 Å². The van der Waals surface area contributed by atoms with Gasteiger partial charge in [0.25, 0.3) is 0 Å². The van der Waals surface area contributed by atoms with Gasteiger partial charge in [-0.05, 0) is 11.7 Å². The van der Waals surface area contributed by atoms with E-state index in [1.807, 2.05) is 0 Å². The van der Waals surface area contributed by atoms with Crippen molar-refractivity contribution in [3.63, 3.8) is 0 Å². The van der Waals surface area contributed by atoms with E-state index in [1.165, 1.54) is 77.0 Å². The van der Waals surface area contributed by atoms with Crippen LogP contribution in [-0.4, -0.2) is 8.76 Å². The third-order valence-electron chi connectivity index (χ3n) is 3.56. The van der Waals surface area contributed by atoms with Gasteiger partial charge in [0.15, 0.2) is 0 Å². The molecule has 0 saturated carbocycles. The molecule has 0 radical (unpaired) electrons. The molecule has 0 amide bonds. The van der Waals surface area contributed by atoms with Crippen LogP contribution < -0.4 is 0 Å². The van der Waals surface area contributed by atoms with E-state index in [0.29, 0.717) is 6.42 Å². The summed E-state index contributed by atoms with van der Waals surface area (Å²) in [7, 11) is 0. The maximum Gasteiger partial charge on any atom is 0.0247 e. The summed E-state index contributed by atoms with van der Waals surface area (Å²) in [4.78, 5) is 0. The Hall–Kier alpha value is -0.330. The Morgan fingerprint density at radius 2 is 1.15 bits per heavy atom. The number of hydrogen-bond donors (Lipinski definition) is 0. The van der Waals surface area contributed by atoms with Crippen molar-refractivity contribution in [3.8, 4) is 11.2 Å². The summed E-state index contributed by atoms with van der Waals surface area (Å²) < 4.78 is 20.3. The Balaban J connectivity index is 3.03. The van der Waals surface area contributed by atoms with Crippen LogP contribution in [0.15, 0.2) is 0 Å². The molecular formula is C17H31O2S-. The first-order chi connectivity index (χ1) is 9.77. The van der Waals surface area contributed by atoms with Gasteiger partial charge in [0.2, 0.25) is 0 Å².